The topological polar surface area (TPSA) is 39.7 Å². The number of hydrogen-bond donors (Lipinski definition) is 2. The van der Waals surface area contributed by atoms with E-state index < -0.39 is 0 Å². The van der Waals surface area contributed by atoms with Gasteiger partial charge in [-0.1, -0.05) is 13.8 Å². The second kappa shape index (κ2) is 13.0. The number of guanidine groups is 1. The summed E-state index contributed by atoms with van der Waals surface area (Å²) in [6, 6.07) is 0. The summed E-state index contributed by atoms with van der Waals surface area (Å²) in [7, 11) is 1.82. The van der Waals surface area contributed by atoms with E-state index in [1.807, 2.05) is 18.8 Å². The Bertz CT molecular complexity index is 260. The minimum atomic E-state index is 0. The molecule has 0 aromatic carbocycles. The Morgan fingerprint density at radius 1 is 1.20 bits per heavy atom. The molecule has 6 heteroatoms. The van der Waals surface area contributed by atoms with Crippen LogP contribution in [0.4, 0.5) is 0 Å². The molecule has 0 rings (SSSR count). The maximum absolute atomic E-state index is 4.26. The number of aliphatic imine (C=N–C) groups is 1. The zero-order valence-corrected chi connectivity index (χ0v) is 17.1. The van der Waals surface area contributed by atoms with Crippen LogP contribution in [0.3, 0.4) is 0 Å². The molecule has 122 valence electrons. The average molecular weight is 416 g/mol. The van der Waals surface area contributed by atoms with Crippen LogP contribution in [0, 0.1) is 0 Å². The monoisotopic (exact) mass is 416 g/mol. The Balaban J connectivity index is 0. The van der Waals surface area contributed by atoms with Gasteiger partial charge in [-0.3, -0.25) is 4.99 Å². The molecule has 0 amide bonds. The van der Waals surface area contributed by atoms with E-state index in [1.54, 1.807) is 0 Å². The first-order chi connectivity index (χ1) is 8.99. The van der Waals surface area contributed by atoms with Crippen molar-refractivity contribution in [2.75, 3.05) is 46.0 Å². The summed E-state index contributed by atoms with van der Waals surface area (Å²) in [5, 5.41) is 6.76. The minimum Gasteiger partial charge on any atom is -0.355 e. The molecule has 20 heavy (non-hydrogen) atoms. The number of nitrogens with zero attached hydrogens (tertiary/aromatic N) is 2. The lowest BCUT2D eigenvalue weighted by molar-refractivity contribution is 0.293. The van der Waals surface area contributed by atoms with Crippen molar-refractivity contribution < 1.29 is 0 Å². The third-order valence-corrected chi connectivity index (χ3v) is 4.41. The van der Waals surface area contributed by atoms with Crippen molar-refractivity contribution in [2.24, 2.45) is 4.99 Å². The molecule has 4 nitrogen and oxygen atoms in total. The summed E-state index contributed by atoms with van der Waals surface area (Å²) in [6.45, 7) is 14.1. The molecule has 0 aromatic rings. The fourth-order valence-corrected chi connectivity index (χ4v) is 1.88. The van der Waals surface area contributed by atoms with Crippen LogP contribution in [0.2, 0.25) is 0 Å². The highest BCUT2D eigenvalue weighted by molar-refractivity contribution is 14.0. The number of rotatable bonds is 9. The Morgan fingerprint density at radius 3 is 2.30 bits per heavy atom. The summed E-state index contributed by atoms with van der Waals surface area (Å²) < 4.78 is 0.231. The van der Waals surface area contributed by atoms with Gasteiger partial charge in [-0.15, -0.1) is 24.0 Å². The molecule has 2 N–H and O–H groups in total. The molecule has 0 aliphatic heterocycles. The minimum absolute atomic E-state index is 0. The quantitative estimate of drug-likeness (QED) is 0.345. The molecule has 0 radical (unpaired) electrons. The van der Waals surface area contributed by atoms with Gasteiger partial charge in [0.15, 0.2) is 5.96 Å². The van der Waals surface area contributed by atoms with E-state index in [2.05, 4.69) is 54.5 Å². The van der Waals surface area contributed by atoms with Crippen LogP contribution in [0.1, 0.15) is 34.1 Å². The predicted octanol–water partition coefficient (Wildman–Crippen LogP) is 2.64. The summed E-state index contributed by atoms with van der Waals surface area (Å²) in [6.07, 6.45) is 3.35. The van der Waals surface area contributed by atoms with Gasteiger partial charge in [0, 0.05) is 31.4 Å². The van der Waals surface area contributed by atoms with Gasteiger partial charge in [-0.2, -0.15) is 11.8 Å². The molecule has 0 atom stereocenters. The number of thioether (sulfide) groups is 1. The van der Waals surface area contributed by atoms with Crippen LogP contribution < -0.4 is 10.6 Å². The number of likely N-dealkylation sites (N-methyl/N-ethyl adjacent to an activating group) is 1. The molecule has 0 spiro atoms. The van der Waals surface area contributed by atoms with Gasteiger partial charge < -0.3 is 15.5 Å². The number of hydrogen-bond acceptors (Lipinski definition) is 3. The van der Waals surface area contributed by atoms with E-state index in [1.165, 1.54) is 13.0 Å². The van der Waals surface area contributed by atoms with Gasteiger partial charge in [0.25, 0.3) is 0 Å². The highest BCUT2D eigenvalue weighted by Gasteiger charge is 2.15. The molecule has 0 unspecified atom stereocenters. The summed E-state index contributed by atoms with van der Waals surface area (Å²) in [4.78, 5) is 6.71. The Kier molecular flexibility index (Phi) is 14.7. The summed E-state index contributed by atoms with van der Waals surface area (Å²) in [5.41, 5.74) is 0. The van der Waals surface area contributed by atoms with Crippen LogP contribution in [0.15, 0.2) is 4.99 Å². The highest BCUT2D eigenvalue weighted by atomic mass is 127. The van der Waals surface area contributed by atoms with Crippen LogP contribution >= 0.6 is 35.7 Å². The number of halogens is 1. The van der Waals surface area contributed by atoms with Crippen LogP contribution in [-0.4, -0.2) is 61.6 Å². The summed E-state index contributed by atoms with van der Waals surface area (Å²) >= 11 is 1.87. The van der Waals surface area contributed by atoms with Gasteiger partial charge in [-0.25, -0.2) is 0 Å². The molecule has 0 aliphatic carbocycles. The van der Waals surface area contributed by atoms with Gasteiger partial charge in [-0.05, 0) is 39.6 Å². The van der Waals surface area contributed by atoms with E-state index in [9.17, 15) is 0 Å². The standard InChI is InChI=1S/C14H32N4S.HI/c1-7-10-18(8-2)11-9-16-13(15-5)17-12-14(3,4)19-6;/h7-12H2,1-6H3,(H2,15,16,17);1H. The Hall–Kier alpha value is 0.310. The number of nitrogens with one attached hydrogen (secondary N) is 2. The van der Waals surface area contributed by atoms with E-state index in [-0.39, 0.29) is 28.7 Å². The molecular formula is C14H33IN4S. The maximum Gasteiger partial charge on any atom is 0.191 e. The lowest BCUT2D eigenvalue weighted by atomic mass is 10.2. The average Bonchev–Trinajstić information content (AvgIpc) is 2.41. The third kappa shape index (κ3) is 11.0. The van der Waals surface area contributed by atoms with Crippen molar-refractivity contribution in [1.82, 2.24) is 15.5 Å². The van der Waals surface area contributed by atoms with Crippen LogP contribution in [0.5, 0.6) is 0 Å². The zero-order valence-electron chi connectivity index (χ0n) is 14.0. The second-order valence-corrected chi connectivity index (χ2v) is 6.76. The molecule has 0 saturated carbocycles. The fourth-order valence-electron chi connectivity index (χ4n) is 1.67. The lowest BCUT2D eigenvalue weighted by Crippen LogP contribution is -2.45. The molecule has 0 aromatic heterocycles. The molecular weight excluding hydrogens is 383 g/mol. The van der Waals surface area contributed by atoms with Crippen molar-refractivity contribution in [1.29, 1.82) is 0 Å². The normalized spacial score (nSPS) is 12.2. The lowest BCUT2D eigenvalue weighted by Gasteiger charge is -2.24. The van der Waals surface area contributed by atoms with Crippen LogP contribution in [0.25, 0.3) is 0 Å². The SMILES string of the molecule is CCCN(CC)CCNC(=NC)NCC(C)(C)SC.I. The second-order valence-electron chi connectivity index (χ2n) is 5.25. The van der Waals surface area contributed by atoms with Gasteiger partial charge >= 0.3 is 0 Å². The van der Waals surface area contributed by atoms with Crippen molar-refractivity contribution in [3.05, 3.63) is 0 Å². The zero-order chi connectivity index (χ0) is 14.7. The Morgan fingerprint density at radius 2 is 1.85 bits per heavy atom. The molecule has 0 heterocycles. The van der Waals surface area contributed by atoms with Crippen molar-refractivity contribution >= 4 is 41.7 Å². The largest absolute Gasteiger partial charge is 0.355 e. The van der Waals surface area contributed by atoms with Gasteiger partial charge in [0.05, 0.1) is 0 Å². The van der Waals surface area contributed by atoms with Gasteiger partial charge in [0.1, 0.15) is 0 Å². The first kappa shape index (κ1) is 22.6. The van der Waals surface area contributed by atoms with Crippen molar-refractivity contribution in [3.63, 3.8) is 0 Å². The molecule has 0 bridgehead atoms. The highest BCUT2D eigenvalue weighted by Crippen LogP contribution is 2.19. The molecule has 0 fully saturated rings. The van der Waals surface area contributed by atoms with E-state index in [0.29, 0.717) is 0 Å². The third-order valence-electron chi connectivity index (χ3n) is 3.17. The molecule has 0 aliphatic rings. The Labute approximate surface area is 147 Å². The maximum atomic E-state index is 4.26. The predicted molar refractivity (Wildman–Crippen MR) is 105 cm³/mol. The van der Waals surface area contributed by atoms with Gasteiger partial charge in [0.2, 0.25) is 0 Å². The van der Waals surface area contributed by atoms with Crippen LogP contribution in [-0.2, 0) is 0 Å². The summed E-state index contributed by atoms with van der Waals surface area (Å²) in [5.74, 6) is 0.898. The van der Waals surface area contributed by atoms with Crippen molar-refractivity contribution in [3.8, 4) is 0 Å². The van der Waals surface area contributed by atoms with E-state index >= 15 is 0 Å². The first-order valence-electron chi connectivity index (χ1n) is 7.21. The molecule has 0 saturated heterocycles. The van der Waals surface area contributed by atoms with E-state index in [4.69, 9.17) is 0 Å². The first-order valence-corrected chi connectivity index (χ1v) is 8.43. The van der Waals surface area contributed by atoms with Crippen molar-refractivity contribution in [2.45, 2.75) is 38.9 Å². The van der Waals surface area contributed by atoms with E-state index in [0.717, 1.165) is 32.1 Å². The smallest absolute Gasteiger partial charge is 0.191 e. The fraction of sp³-hybridized carbons (Fsp3) is 0.929.